The number of ether oxygens (including phenoxy) is 1. The first-order chi connectivity index (χ1) is 8.77. The van der Waals surface area contributed by atoms with Crippen LogP contribution in [-0.2, 0) is 9.53 Å². The number of carbonyl (C=O) groups excluding carboxylic acids is 1. The lowest BCUT2D eigenvalue weighted by atomic mass is 9.96. The molecule has 0 atom stereocenters. The lowest BCUT2D eigenvalue weighted by molar-refractivity contribution is -0.132. The van der Waals surface area contributed by atoms with Crippen LogP contribution in [0.1, 0.15) is 39.5 Å². The number of nitrogens with one attached hydrogen (secondary N) is 1. The summed E-state index contributed by atoms with van der Waals surface area (Å²) in [5.74, 6) is 1.05. The van der Waals surface area contributed by atoms with Crippen molar-refractivity contribution in [1.82, 2.24) is 10.2 Å². The molecule has 0 aliphatic carbocycles. The highest BCUT2D eigenvalue weighted by atomic mass is 35.5. The Morgan fingerprint density at radius 1 is 1.32 bits per heavy atom. The molecule has 0 aromatic rings. The van der Waals surface area contributed by atoms with E-state index in [0.29, 0.717) is 18.9 Å². The third kappa shape index (κ3) is 7.75. The number of nitrogens with zero attached hydrogens (tertiary/aromatic N) is 1. The minimum absolute atomic E-state index is 0. The highest BCUT2D eigenvalue weighted by Gasteiger charge is 2.21. The fourth-order valence-corrected chi connectivity index (χ4v) is 2.36. The number of halogens is 1. The van der Waals surface area contributed by atoms with Gasteiger partial charge in [0.15, 0.2) is 0 Å². The standard InChI is InChI=1S/C14H28N2O2.ClH/c1-3-15-12-13-7-9-16(10-8-13)14(17)6-5-11-18-4-2;/h13,15H,3-12H2,1-2H3;1H. The predicted octanol–water partition coefficient (Wildman–Crippen LogP) is 2.07. The van der Waals surface area contributed by atoms with Crippen molar-refractivity contribution < 1.29 is 9.53 Å². The number of piperidine rings is 1. The van der Waals surface area contributed by atoms with Crippen LogP contribution in [0.25, 0.3) is 0 Å². The number of hydrogen-bond acceptors (Lipinski definition) is 3. The van der Waals surface area contributed by atoms with Gasteiger partial charge in [0.2, 0.25) is 5.91 Å². The molecule has 4 nitrogen and oxygen atoms in total. The number of rotatable bonds is 8. The van der Waals surface area contributed by atoms with E-state index in [4.69, 9.17) is 4.74 Å². The van der Waals surface area contributed by atoms with Crippen LogP contribution in [0.4, 0.5) is 0 Å². The molecule has 0 saturated carbocycles. The maximum Gasteiger partial charge on any atom is 0.222 e. The molecule has 0 spiro atoms. The Morgan fingerprint density at radius 3 is 2.58 bits per heavy atom. The molecule has 1 rings (SSSR count). The van der Waals surface area contributed by atoms with Crippen LogP contribution >= 0.6 is 12.4 Å². The SMILES string of the molecule is CCNCC1CCN(C(=O)CCCOCC)CC1.Cl. The first-order valence-electron chi connectivity index (χ1n) is 7.34. The lowest BCUT2D eigenvalue weighted by Gasteiger charge is -2.32. The van der Waals surface area contributed by atoms with Crippen molar-refractivity contribution in [1.29, 1.82) is 0 Å². The molecule has 1 amide bonds. The van der Waals surface area contributed by atoms with E-state index in [1.807, 2.05) is 11.8 Å². The molecule has 0 unspecified atom stereocenters. The zero-order chi connectivity index (χ0) is 13.2. The zero-order valence-corrected chi connectivity index (χ0v) is 13.1. The minimum Gasteiger partial charge on any atom is -0.382 e. The third-order valence-corrected chi connectivity index (χ3v) is 3.53. The van der Waals surface area contributed by atoms with Gasteiger partial charge in [-0.3, -0.25) is 4.79 Å². The average Bonchev–Trinajstić information content (AvgIpc) is 2.41. The Kier molecular flexibility index (Phi) is 11.3. The Bertz CT molecular complexity index is 231. The van der Waals surface area contributed by atoms with Crippen molar-refractivity contribution in [2.24, 2.45) is 5.92 Å². The lowest BCUT2D eigenvalue weighted by Crippen LogP contribution is -2.40. The average molecular weight is 293 g/mol. The van der Waals surface area contributed by atoms with Crippen LogP contribution in [0.3, 0.4) is 0 Å². The number of likely N-dealkylation sites (tertiary alicyclic amines) is 1. The summed E-state index contributed by atoms with van der Waals surface area (Å²) in [4.78, 5) is 14.0. The van der Waals surface area contributed by atoms with Gasteiger partial charge in [0.25, 0.3) is 0 Å². The summed E-state index contributed by atoms with van der Waals surface area (Å²) in [6.07, 6.45) is 3.77. The van der Waals surface area contributed by atoms with Gasteiger partial charge in [-0.2, -0.15) is 0 Å². The maximum absolute atomic E-state index is 11.9. The van der Waals surface area contributed by atoms with Gasteiger partial charge in [-0.25, -0.2) is 0 Å². The highest BCUT2D eigenvalue weighted by Crippen LogP contribution is 2.17. The summed E-state index contributed by atoms with van der Waals surface area (Å²) in [5.41, 5.74) is 0. The quantitative estimate of drug-likeness (QED) is 0.697. The van der Waals surface area contributed by atoms with Gasteiger partial charge >= 0.3 is 0 Å². The Labute approximate surface area is 123 Å². The maximum atomic E-state index is 11.9. The first-order valence-corrected chi connectivity index (χ1v) is 7.34. The molecule has 0 aromatic heterocycles. The van der Waals surface area contributed by atoms with E-state index >= 15 is 0 Å². The number of hydrogen-bond donors (Lipinski definition) is 1. The molecule has 1 aliphatic rings. The largest absolute Gasteiger partial charge is 0.382 e. The van der Waals surface area contributed by atoms with Crippen LogP contribution < -0.4 is 5.32 Å². The second-order valence-electron chi connectivity index (χ2n) is 4.93. The molecule has 5 heteroatoms. The first kappa shape index (κ1) is 18.7. The molecule has 1 N–H and O–H groups in total. The van der Waals surface area contributed by atoms with Gasteiger partial charge in [0.1, 0.15) is 0 Å². The van der Waals surface area contributed by atoms with E-state index in [1.165, 1.54) is 0 Å². The second kappa shape index (κ2) is 11.5. The van der Waals surface area contributed by atoms with Gasteiger partial charge < -0.3 is 15.0 Å². The monoisotopic (exact) mass is 292 g/mol. The second-order valence-corrected chi connectivity index (χ2v) is 4.93. The van der Waals surface area contributed by atoms with E-state index in [9.17, 15) is 4.79 Å². The zero-order valence-electron chi connectivity index (χ0n) is 12.3. The molecule has 1 aliphatic heterocycles. The van der Waals surface area contributed by atoms with Gasteiger partial charge in [0, 0.05) is 32.7 Å². The van der Waals surface area contributed by atoms with Crippen molar-refractivity contribution in [2.75, 3.05) is 39.4 Å². The minimum atomic E-state index is 0. The fourth-order valence-electron chi connectivity index (χ4n) is 2.36. The molecular formula is C14H29ClN2O2. The topological polar surface area (TPSA) is 41.6 Å². The van der Waals surface area contributed by atoms with Crippen LogP contribution in [0, 0.1) is 5.92 Å². The molecule has 1 fully saturated rings. The van der Waals surface area contributed by atoms with Gasteiger partial charge in [-0.05, 0) is 45.2 Å². The van der Waals surface area contributed by atoms with Crippen LogP contribution in [0.2, 0.25) is 0 Å². The fraction of sp³-hybridized carbons (Fsp3) is 0.929. The molecule has 0 aromatic carbocycles. The van der Waals surface area contributed by atoms with Gasteiger partial charge in [-0.1, -0.05) is 6.92 Å². The third-order valence-electron chi connectivity index (χ3n) is 3.53. The number of carbonyl (C=O) groups is 1. The predicted molar refractivity (Wildman–Crippen MR) is 80.8 cm³/mol. The van der Waals surface area contributed by atoms with Crippen LogP contribution in [-0.4, -0.2) is 50.2 Å². The summed E-state index contributed by atoms with van der Waals surface area (Å²) in [6, 6.07) is 0. The molecule has 114 valence electrons. The van der Waals surface area contributed by atoms with Crippen LogP contribution in [0.5, 0.6) is 0 Å². The summed E-state index contributed by atoms with van der Waals surface area (Å²) in [5, 5.41) is 3.39. The summed E-state index contributed by atoms with van der Waals surface area (Å²) in [7, 11) is 0. The van der Waals surface area contributed by atoms with Crippen molar-refractivity contribution >= 4 is 18.3 Å². The molecule has 1 heterocycles. The Balaban J connectivity index is 0.00000324. The van der Waals surface area contributed by atoms with E-state index < -0.39 is 0 Å². The molecule has 0 bridgehead atoms. The molecular weight excluding hydrogens is 264 g/mol. The molecule has 1 saturated heterocycles. The van der Waals surface area contributed by atoms with Crippen molar-refractivity contribution in [3.63, 3.8) is 0 Å². The normalized spacial score (nSPS) is 16.2. The van der Waals surface area contributed by atoms with E-state index in [2.05, 4.69) is 12.2 Å². The van der Waals surface area contributed by atoms with Crippen molar-refractivity contribution in [2.45, 2.75) is 39.5 Å². The van der Waals surface area contributed by atoms with E-state index in [1.54, 1.807) is 0 Å². The Morgan fingerprint density at radius 2 is 2.00 bits per heavy atom. The van der Waals surface area contributed by atoms with Crippen molar-refractivity contribution in [3.05, 3.63) is 0 Å². The molecule has 19 heavy (non-hydrogen) atoms. The van der Waals surface area contributed by atoms with E-state index in [-0.39, 0.29) is 12.4 Å². The van der Waals surface area contributed by atoms with E-state index in [0.717, 1.165) is 58.0 Å². The van der Waals surface area contributed by atoms with Gasteiger partial charge in [-0.15, -0.1) is 12.4 Å². The number of amides is 1. The summed E-state index contributed by atoms with van der Waals surface area (Å²) in [6.45, 7) is 9.57. The summed E-state index contributed by atoms with van der Waals surface area (Å²) >= 11 is 0. The Hall–Kier alpha value is -0.320. The van der Waals surface area contributed by atoms with Crippen LogP contribution in [0.15, 0.2) is 0 Å². The smallest absolute Gasteiger partial charge is 0.222 e. The molecule has 0 radical (unpaired) electrons. The summed E-state index contributed by atoms with van der Waals surface area (Å²) < 4.78 is 5.25. The van der Waals surface area contributed by atoms with Gasteiger partial charge in [0.05, 0.1) is 0 Å². The van der Waals surface area contributed by atoms with Crippen molar-refractivity contribution in [3.8, 4) is 0 Å². The highest BCUT2D eigenvalue weighted by molar-refractivity contribution is 5.85.